The molecule has 3 aromatic rings. The van der Waals surface area contributed by atoms with Crippen molar-refractivity contribution in [1.82, 2.24) is 0 Å². The van der Waals surface area contributed by atoms with Crippen molar-refractivity contribution in [1.29, 1.82) is 0 Å². The van der Waals surface area contributed by atoms with Crippen LogP contribution >= 0.6 is 11.6 Å². The average molecular weight is 443 g/mol. The summed E-state index contributed by atoms with van der Waals surface area (Å²) in [6.07, 6.45) is 1.98. The molecule has 4 rings (SSSR count). The third kappa shape index (κ3) is 4.72. The van der Waals surface area contributed by atoms with Crippen LogP contribution in [0.2, 0.25) is 5.02 Å². The number of halogens is 2. The molecule has 3 aromatic carbocycles. The second kappa shape index (κ2) is 9.56. The van der Waals surface area contributed by atoms with E-state index in [1.54, 1.807) is 6.07 Å². The molecule has 0 radical (unpaired) electrons. The molecule has 31 heavy (non-hydrogen) atoms. The van der Waals surface area contributed by atoms with Crippen LogP contribution in [0.3, 0.4) is 0 Å². The summed E-state index contributed by atoms with van der Waals surface area (Å²) in [5.74, 6) is 0.344. The van der Waals surface area contributed by atoms with Crippen molar-refractivity contribution in [2.24, 2.45) is 5.92 Å². The van der Waals surface area contributed by atoms with Gasteiger partial charge in [0.05, 0.1) is 30.4 Å². The molecule has 1 heterocycles. The molecule has 0 spiro atoms. The maximum absolute atomic E-state index is 14.4. The predicted molar refractivity (Wildman–Crippen MR) is 122 cm³/mol. The van der Waals surface area contributed by atoms with Gasteiger partial charge in [-0.3, -0.25) is 0 Å². The van der Waals surface area contributed by atoms with E-state index < -0.39 is 0 Å². The third-order valence-electron chi connectivity index (χ3n) is 5.97. The maximum Gasteiger partial charge on any atom is 0.165 e. The fourth-order valence-electron chi connectivity index (χ4n) is 4.54. The molecule has 1 aliphatic rings. The van der Waals surface area contributed by atoms with Gasteiger partial charge in [-0.2, -0.15) is 0 Å². The third-order valence-corrected chi connectivity index (χ3v) is 6.41. The summed E-state index contributed by atoms with van der Waals surface area (Å²) in [6.45, 7) is 4.47. The zero-order chi connectivity index (χ0) is 22.0. The highest BCUT2D eigenvalue weighted by atomic mass is 35.5. The molecule has 0 amide bonds. The van der Waals surface area contributed by atoms with Crippen LogP contribution < -0.4 is 4.74 Å². The first-order chi connectivity index (χ1) is 15.0. The number of hydrogen-bond donors (Lipinski definition) is 1. The molecular formula is C26H28ClFO3. The lowest BCUT2D eigenvalue weighted by Crippen LogP contribution is -2.29. The summed E-state index contributed by atoms with van der Waals surface area (Å²) in [5, 5.41) is 12.4. The van der Waals surface area contributed by atoms with E-state index >= 15 is 0 Å². The molecule has 0 aromatic heterocycles. The Bertz CT molecular complexity index is 1070. The molecule has 0 saturated carbocycles. The largest absolute Gasteiger partial charge is 0.491 e. The number of fused-ring (bicyclic) bond motifs is 1. The molecule has 1 N–H and O–H groups in total. The Morgan fingerprint density at radius 3 is 2.61 bits per heavy atom. The SMILES string of the molecule is CCOc1ccc(Cc2cc(C3CC(C)CC(CO)O3)c3ccccc3c2Cl)cc1F. The normalized spacial score (nSPS) is 21.4. The van der Waals surface area contributed by atoms with E-state index in [1.807, 2.05) is 31.2 Å². The monoisotopic (exact) mass is 442 g/mol. The van der Waals surface area contributed by atoms with Gasteiger partial charge < -0.3 is 14.6 Å². The molecule has 3 nitrogen and oxygen atoms in total. The predicted octanol–water partition coefficient (Wildman–Crippen LogP) is 6.47. The second-order valence-corrected chi connectivity index (χ2v) is 8.74. The van der Waals surface area contributed by atoms with Crippen molar-refractivity contribution in [3.05, 3.63) is 76.1 Å². The van der Waals surface area contributed by atoms with Gasteiger partial charge in [-0.05, 0) is 66.3 Å². The number of aliphatic hydroxyl groups excluding tert-OH is 1. The minimum atomic E-state index is -0.369. The van der Waals surface area contributed by atoms with Crippen molar-refractivity contribution >= 4 is 22.4 Å². The van der Waals surface area contributed by atoms with Crippen LogP contribution in [0.15, 0.2) is 48.5 Å². The van der Waals surface area contributed by atoms with E-state index in [-0.39, 0.29) is 30.4 Å². The molecular weight excluding hydrogens is 415 g/mol. The minimum absolute atomic E-state index is 0.0185. The summed E-state index contributed by atoms with van der Waals surface area (Å²) in [7, 11) is 0. The van der Waals surface area contributed by atoms with Crippen LogP contribution in [-0.4, -0.2) is 24.4 Å². The van der Waals surface area contributed by atoms with E-state index in [4.69, 9.17) is 21.1 Å². The molecule has 1 saturated heterocycles. The Morgan fingerprint density at radius 1 is 1.13 bits per heavy atom. The average Bonchev–Trinajstić information content (AvgIpc) is 2.77. The quantitative estimate of drug-likeness (QED) is 0.475. The summed E-state index contributed by atoms with van der Waals surface area (Å²) in [6, 6.07) is 15.2. The van der Waals surface area contributed by atoms with Crippen molar-refractivity contribution in [3.8, 4) is 5.75 Å². The summed E-state index contributed by atoms with van der Waals surface area (Å²) in [5.41, 5.74) is 2.84. The first kappa shape index (κ1) is 22.1. The summed E-state index contributed by atoms with van der Waals surface area (Å²) < 4.78 is 25.9. The van der Waals surface area contributed by atoms with E-state index in [9.17, 15) is 9.50 Å². The standard InChI is InChI=1S/C26H28ClFO3/c1-3-30-24-9-8-17(13-23(24)28)12-18-14-22(20-6-4-5-7-21(20)26(18)27)25-11-16(2)10-19(15-29)31-25/h4-9,13-14,16,19,25,29H,3,10-12,15H2,1-2H3. The minimum Gasteiger partial charge on any atom is -0.491 e. The van der Waals surface area contributed by atoms with Gasteiger partial charge >= 0.3 is 0 Å². The van der Waals surface area contributed by atoms with Gasteiger partial charge in [-0.1, -0.05) is 54.9 Å². The van der Waals surface area contributed by atoms with Gasteiger partial charge in [0.2, 0.25) is 0 Å². The Labute approximate surface area is 187 Å². The molecule has 0 aliphatic carbocycles. The summed E-state index contributed by atoms with van der Waals surface area (Å²) in [4.78, 5) is 0. The molecule has 164 valence electrons. The van der Waals surface area contributed by atoms with Crippen LogP contribution in [0.5, 0.6) is 5.75 Å². The molecule has 0 bridgehead atoms. The van der Waals surface area contributed by atoms with Crippen molar-refractivity contribution < 1.29 is 19.0 Å². The number of rotatable bonds is 6. The smallest absolute Gasteiger partial charge is 0.165 e. The van der Waals surface area contributed by atoms with Crippen LogP contribution in [0, 0.1) is 11.7 Å². The lowest BCUT2D eigenvalue weighted by molar-refractivity contribution is -0.0894. The molecule has 3 atom stereocenters. The van der Waals surface area contributed by atoms with Crippen molar-refractivity contribution in [2.45, 2.75) is 45.3 Å². The highest BCUT2D eigenvalue weighted by molar-refractivity contribution is 6.36. The number of hydrogen-bond acceptors (Lipinski definition) is 3. The number of aliphatic hydroxyl groups is 1. The van der Waals surface area contributed by atoms with Gasteiger partial charge in [0, 0.05) is 5.39 Å². The lowest BCUT2D eigenvalue weighted by atomic mass is 9.87. The van der Waals surface area contributed by atoms with Crippen molar-refractivity contribution in [2.75, 3.05) is 13.2 Å². The molecule has 1 aliphatic heterocycles. The van der Waals surface area contributed by atoms with Crippen molar-refractivity contribution in [3.63, 3.8) is 0 Å². The number of ether oxygens (including phenoxy) is 2. The first-order valence-corrected chi connectivity index (χ1v) is 11.3. The van der Waals surface area contributed by atoms with E-state index in [2.05, 4.69) is 19.1 Å². The zero-order valence-corrected chi connectivity index (χ0v) is 18.7. The fraction of sp³-hybridized carbons (Fsp3) is 0.385. The van der Waals surface area contributed by atoms with Gasteiger partial charge in [-0.25, -0.2) is 4.39 Å². The highest BCUT2D eigenvalue weighted by Gasteiger charge is 2.29. The molecule has 1 fully saturated rings. The fourth-order valence-corrected chi connectivity index (χ4v) is 4.83. The highest BCUT2D eigenvalue weighted by Crippen LogP contribution is 2.41. The zero-order valence-electron chi connectivity index (χ0n) is 17.9. The van der Waals surface area contributed by atoms with Crippen LogP contribution in [-0.2, 0) is 11.2 Å². The van der Waals surface area contributed by atoms with Gasteiger partial charge in [0.25, 0.3) is 0 Å². The van der Waals surface area contributed by atoms with Crippen LogP contribution in [0.1, 0.15) is 49.5 Å². The molecule has 5 heteroatoms. The Balaban J connectivity index is 1.74. The van der Waals surface area contributed by atoms with E-state index in [0.29, 0.717) is 24.0 Å². The van der Waals surface area contributed by atoms with Crippen LogP contribution in [0.4, 0.5) is 4.39 Å². The first-order valence-electron chi connectivity index (χ1n) is 10.9. The topological polar surface area (TPSA) is 38.7 Å². The van der Waals surface area contributed by atoms with Gasteiger partial charge in [-0.15, -0.1) is 0 Å². The van der Waals surface area contributed by atoms with E-state index in [0.717, 1.165) is 40.3 Å². The van der Waals surface area contributed by atoms with E-state index in [1.165, 1.54) is 6.07 Å². The van der Waals surface area contributed by atoms with Gasteiger partial charge in [0.15, 0.2) is 11.6 Å². The lowest BCUT2D eigenvalue weighted by Gasteiger charge is -2.34. The van der Waals surface area contributed by atoms with Crippen LogP contribution in [0.25, 0.3) is 10.8 Å². The second-order valence-electron chi connectivity index (χ2n) is 8.36. The molecule has 3 unspecified atom stereocenters. The number of benzene rings is 3. The summed E-state index contributed by atoms with van der Waals surface area (Å²) >= 11 is 6.81. The maximum atomic E-state index is 14.4. The Hall–Kier alpha value is -2.14. The Morgan fingerprint density at radius 2 is 1.90 bits per heavy atom. The van der Waals surface area contributed by atoms with Gasteiger partial charge in [0.1, 0.15) is 0 Å². The Kier molecular flexibility index (Phi) is 6.80.